The van der Waals surface area contributed by atoms with Crippen LogP contribution >= 0.6 is 11.3 Å². The van der Waals surface area contributed by atoms with Crippen molar-refractivity contribution in [3.05, 3.63) is 95.3 Å². The highest BCUT2D eigenvalue weighted by Crippen LogP contribution is 2.44. The molecule has 0 saturated heterocycles. The lowest BCUT2D eigenvalue weighted by Crippen LogP contribution is -2.33. The van der Waals surface area contributed by atoms with Crippen molar-refractivity contribution in [2.75, 3.05) is 17.2 Å². The number of rotatable bonds is 8. The van der Waals surface area contributed by atoms with Gasteiger partial charge < -0.3 is 9.64 Å². The maximum Gasteiger partial charge on any atom is 0.264 e. The zero-order chi connectivity index (χ0) is 27.9. The number of anilines is 1. The Morgan fingerprint density at radius 2 is 1.68 bits per heavy atom. The van der Waals surface area contributed by atoms with Gasteiger partial charge in [-0.05, 0) is 54.3 Å². The van der Waals surface area contributed by atoms with Gasteiger partial charge in [0.1, 0.15) is 11.2 Å². The van der Waals surface area contributed by atoms with E-state index in [0.717, 1.165) is 40.7 Å². The lowest BCUT2D eigenvalue weighted by molar-refractivity contribution is -0.664. The van der Waals surface area contributed by atoms with Gasteiger partial charge in [-0.2, -0.15) is 13.0 Å². The van der Waals surface area contributed by atoms with Crippen molar-refractivity contribution in [1.29, 1.82) is 0 Å². The molecule has 0 fully saturated rings. The van der Waals surface area contributed by atoms with Gasteiger partial charge in [-0.3, -0.25) is 4.55 Å². The molecule has 1 aromatic heterocycles. The van der Waals surface area contributed by atoms with E-state index < -0.39 is 10.1 Å². The summed E-state index contributed by atoms with van der Waals surface area (Å²) in [6, 6.07) is 25.0. The molecule has 1 N–H and O–H groups in total. The van der Waals surface area contributed by atoms with Gasteiger partial charge >= 0.3 is 0 Å². The van der Waals surface area contributed by atoms with E-state index in [4.69, 9.17) is 4.74 Å². The summed E-state index contributed by atoms with van der Waals surface area (Å²) in [5, 5.41) is 5.77. The first-order valence-electron chi connectivity index (χ1n) is 13.5. The van der Waals surface area contributed by atoms with Crippen LogP contribution in [0, 0.1) is 0 Å². The number of benzene rings is 4. The zero-order valence-corrected chi connectivity index (χ0v) is 24.1. The minimum Gasteiger partial charge on any atom is -0.439 e. The molecule has 6 rings (SSSR count). The Morgan fingerprint density at radius 1 is 0.975 bits per heavy atom. The quantitative estimate of drug-likeness (QED) is 0.156. The maximum absolute atomic E-state index is 11.5. The van der Waals surface area contributed by atoms with E-state index in [1.54, 1.807) is 11.3 Å². The Morgan fingerprint density at radius 3 is 2.40 bits per heavy atom. The number of aromatic nitrogens is 1. The topological polar surface area (TPSA) is 70.7 Å². The summed E-state index contributed by atoms with van der Waals surface area (Å²) < 4.78 is 42.3. The summed E-state index contributed by atoms with van der Waals surface area (Å²) in [5.74, 6) is 1.09. The highest BCUT2D eigenvalue weighted by Gasteiger charge is 2.29. The van der Waals surface area contributed by atoms with E-state index in [-0.39, 0.29) is 12.2 Å². The second kappa shape index (κ2) is 10.7. The molecule has 40 heavy (non-hydrogen) atoms. The summed E-state index contributed by atoms with van der Waals surface area (Å²) in [5.41, 5.74) is 3.28. The molecule has 2 heterocycles. The Bertz CT molecular complexity index is 1920. The van der Waals surface area contributed by atoms with Gasteiger partial charge in [-0.25, -0.2) is 0 Å². The summed E-state index contributed by atoms with van der Waals surface area (Å²) in [4.78, 5) is 2.04. The van der Waals surface area contributed by atoms with Crippen LogP contribution in [0.15, 0.2) is 90.3 Å². The third-order valence-electron chi connectivity index (χ3n) is 7.35. The molecule has 0 atom stereocenters. The number of ether oxygens (including phenoxy) is 1. The van der Waals surface area contributed by atoms with E-state index in [1.807, 2.05) is 29.2 Å². The molecule has 0 spiro atoms. The fraction of sp³-hybridized carbons (Fsp3) is 0.219. The molecule has 0 amide bonds. The Labute approximate surface area is 238 Å². The standard InChI is InChI=1S/C32H30N2O4S2/c1-3-22(21-30-33(4-2)32-26-13-8-6-11-24(26)15-17-28(32)39-30)20-29-34(18-9-19-40(35,36)37)31-25-12-7-5-10-23(25)14-16-27(31)38-29/h5-8,10-17,20-21H,3-4,9,18-19H2,1-2H3/p+1. The number of fused-ring (bicyclic) bond motifs is 6. The van der Waals surface area contributed by atoms with E-state index in [0.29, 0.717) is 12.4 Å². The predicted octanol–water partition coefficient (Wildman–Crippen LogP) is 7.33. The molecule has 0 bridgehead atoms. The Kier molecular flexibility index (Phi) is 7.08. The zero-order valence-electron chi connectivity index (χ0n) is 22.5. The molecule has 0 radical (unpaired) electrons. The lowest BCUT2D eigenvalue weighted by atomic mass is 10.1. The van der Waals surface area contributed by atoms with Gasteiger partial charge in [-0.1, -0.05) is 72.9 Å². The first kappa shape index (κ1) is 26.5. The van der Waals surface area contributed by atoms with Crippen LogP contribution in [0.1, 0.15) is 31.7 Å². The van der Waals surface area contributed by atoms with Crippen molar-refractivity contribution < 1.29 is 22.3 Å². The number of thiazole rings is 1. The van der Waals surface area contributed by atoms with E-state index in [9.17, 15) is 13.0 Å². The van der Waals surface area contributed by atoms with Crippen LogP contribution in [0.2, 0.25) is 0 Å². The fourth-order valence-electron chi connectivity index (χ4n) is 5.47. The van der Waals surface area contributed by atoms with Crippen LogP contribution in [-0.4, -0.2) is 25.3 Å². The molecule has 4 aromatic carbocycles. The molecule has 8 heteroatoms. The molecule has 204 valence electrons. The second-order valence-corrected chi connectivity index (χ2v) is 12.5. The molecule has 1 aliphatic rings. The third-order valence-corrected chi connectivity index (χ3v) is 9.26. The first-order chi connectivity index (χ1) is 19.4. The summed E-state index contributed by atoms with van der Waals surface area (Å²) in [7, 11) is -4.06. The minimum atomic E-state index is -4.06. The van der Waals surface area contributed by atoms with E-state index in [1.165, 1.54) is 26.0 Å². The first-order valence-corrected chi connectivity index (χ1v) is 16.0. The van der Waals surface area contributed by atoms with Crippen LogP contribution < -0.4 is 14.2 Å². The summed E-state index contributed by atoms with van der Waals surface area (Å²) in [6.07, 6.45) is 5.36. The van der Waals surface area contributed by atoms with Crippen molar-refractivity contribution in [3.8, 4) is 5.75 Å². The summed E-state index contributed by atoms with van der Waals surface area (Å²) >= 11 is 1.78. The van der Waals surface area contributed by atoms with Crippen molar-refractivity contribution in [1.82, 2.24) is 0 Å². The Hall–Kier alpha value is -3.72. The van der Waals surface area contributed by atoms with Gasteiger partial charge in [0.05, 0.1) is 16.8 Å². The normalized spacial score (nSPS) is 14.9. The number of hydrogen-bond donors (Lipinski definition) is 1. The molecular formula is C32H31N2O4S2+. The van der Waals surface area contributed by atoms with Crippen LogP contribution in [0.3, 0.4) is 0 Å². The predicted molar refractivity (Wildman–Crippen MR) is 165 cm³/mol. The number of hydrogen-bond acceptors (Lipinski definition) is 5. The van der Waals surface area contributed by atoms with Crippen molar-refractivity contribution in [3.63, 3.8) is 0 Å². The van der Waals surface area contributed by atoms with E-state index in [2.05, 4.69) is 79.1 Å². The van der Waals surface area contributed by atoms with Gasteiger partial charge in [0, 0.05) is 24.1 Å². The molecular weight excluding hydrogens is 540 g/mol. The molecule has 5 aromatic rings. The largest absolute Gasteiger partial charge is 0.439 e. The van der Waals surface area contributed by atoms with Gasteiger partial charge in [0.2, 0.25) is 11.4 Å². The number of aryl methyl sites for hydroxylation is 1. The highest BCUT2D eigenvalue weighted by molar-refractivity contribution is 7.85. The molecule has 0 aliphatic carbocycles. The van der Waals surface area contributed by atoms with E-state index >= 15 is 0 Å². The molecule has 6 nitrogen and oxygen atoms in total. The molecule has 1 aliphatic heterocycles. The maximum atomic E-state index is 11.5. The minimum absolute atomic E-state index is 0.270. The van der Waals surface area contributed by atoms with Crippen LogP contribution in [0.5, 0.6) is 5.75 Å². The number of allylic oxidation sites excluding steroid dienone is 2. The fourth-order valence-corrected chi connectivity index (χ4v) is 7.18. The average molecular weight is 572 g/mol. The lowest BCUT2D eigenvalue weighted by Gasteiger charge is -2.19. The van der Waals surface area contributed by atoms with Crippen molar-refractivity contribution >= 4 is 65.0 Å². The third kappa shape index (κ3) is 4.98. The van der Waals surface area contributed by atoms with Crippen LogP contribution in [0.4, 0.5) is 5.69 Å². The smallest absolute Gasteiger partial charge is 0.264 e. The van der Waals surface area contributed by atoms with Gasteiger partial charge in [0.15, 0.2) is 5.75 Å². The van der Waals surface area contributed by atoms with Crippen LogP contribution in [-0.2, 0) is 16.7 Å². The van der Waals surface area contributed by atoms with Gasteiger partial charge in [-0.15, -0.1) is 0 Å². The number of nitrogens with zero attached hydrogens (tertiary/aromatic N) is 2. The second-order valence-electron chi connectivity index (χ2n) is 9.90. The molecule has 0 unspecified atom stereocenters. The van der Waals surface area contributed by atoms with Crippen LogP contribution in [0.25, 0.3) is 37.8 Å². The summed E-state index contributed by atoms with van der Waals surface area (Å²) in [6.45, 7) is 5.55. The Balaban J connectivity index is 1.44. The monoisotopic (exact) mass is 571 g/mol. The SMILES string of the molecule is CCC(=Cc1sc2ccc3ccccc3c2[n+]1CC)C=C1Oc2ccc3ccccc3c2N1CCCS(=O)(=O)O. The van der Waals surface area contributed by atoms with Gasteiger partial charge in [0.25, 0.3) is 15.1 Å². The van der Waals surface area contributed by atoms with Crippen molar-refractivity contribution in [2.45, 2.75) is 33.2 Å². The highest BCUT2D eigenvalue weighted by atomic mass is 32.2. The average Bonchev–Trinajstić information content (AvgIpc) is 3.49. The molecule has 0 saturated carbocycles. The van der Waals surface area contributed by atoms with Crippen molar-refractivity contribution in [2.24, 2.45) is 0 Å².